The molecule has 0 fully saturated rings. The van der Waals surface area contributed by atoms with Crippen molar-refractivity contribution < 1.29 is 9.63 Å². The molecule has 0 unspecified atom stereocenters. The average Bonchev–Trinajstić information content (AvgIpc) is 3.42. The Morgan fingerprint density at radius 2 is 1.40 bits per heavy atom. The van der Waals surface area contributed by atoms with Gasteiger partial charge in [-0.2, -0.15) is 0 Å². The van der Waals surface area contributed by atoms with E-state index in [0.29, 0.717) is 16.1 Å². The van der Waals surface area contributed by atoms with Crippen LogP contribution >= 0.6 is 11.6 Å². The summed E-state index contributed by atoms with van der Waals surface area (Å²) in [5, 5.41) is 4.39. The van der Waals surface area contributed by atoms with Crippen LogP contribution < -0.4 is 5.73 Å². The Labute approximate surface area is 251 Å². The first-order valence-corrected chi connectivity index (χ1v) is 14.6. The predicted molar refractivity (Wildman–Crippen MR) is 170 cm³/mol. The third-order valence-corrected chi connectivity index (χ3v) is 7.29. The van der Waals surface area contributed by atoms with E-state index < -0.39 is 5.97 Å². The predicted octanol–water partition coefficient (Wildman–Crippen LogP) is 8.60. The molecule has 4 aromatic carbocycles. The molecule has 42 heavy (non-hydrogen) atoms. The Balaban J connectivity index is 1.48. The lowest BCUT2D eigenvalue weighted by Crippen LogP contribution is -2.15. The second-order valence-electron chi connectivity index (χ2n) is 10.0. The highest BCUT2D eigenvalue weighted by Crippen LogP contribution is 2.36. The number of imidazole rings is 1. The highest BCUT2D eigenvalue weighted by Gasteiger charge is 2.21. The van der Waals surface area contributed by atoms with E-state index in [4.69, 9.17) is 27.2 Å². The van der Waals surface area contributed by atoms with Gasteiger partial charge in [0.05, 0.1) is 17.0 Å². The topological polar surface area (TPSA) is 82.5 Å². The van der Waals surface area contributed by atoms with Crippen molar-refractivity contribution in [2.75, 3.05) is 0 Å². The minimum absolute atomic E-state index is 0.0867. The van der Waals surface area contributed by atoms with E-state index in [-0.39, 0.29) is 5.84 Å². The van der Waals surface area contributed by atoms with Gasteiger partial charge in [-0.3, -0.25) is 0 Å². The van der Waals surface area contributed by atoms with E-state index in [2.05, 4.69) is 53.0 Å². The number of rotatable bonds is 11. The number of carbonyl (C=O) groups excluding carboxylic acids is 1. The summed E-state index contributed by atoms with van der Waals surface area (Å²) >= 11 is 5.93. The van der Waals surface area contributed by atoms with Crippen LogP contribution in [-0.4, -0.2) is 21.4 Å². The summed E-state index contributed by atoms with van der Waals surface area (Å²) in [6.45, 7) is 3.05. The fourth-order valence-electron chi connectivity index (χ4n) is 4.85. The van der Waals surface area contributed by atoms with Gasteiger partial charge in [0.25, 0.3) is 0 Å². The van der Waals surface area contributed by atoms with Crippen LogP contribution in [0.1, 0.15) is 48.5 Å². The molecule has 1 aromatic heterocycles. The van der Waals surface area contributed by atoms with Gasteiger partial charge in [0.2, 0.25) is 0 Å². The number of halogens is 1. The van der Waals surface area contributed by atoms with Gasteiger partial charge in [-0.05, 0) is 42.8 Å². The maximum Gasteiger partial charge on any atom is 0.365 e. The van der Waals surface area contributed by atoms with Crippen molar-refractivity contribution in [1.82, 2.24) is 9.55 Å². The zero-order chi connectivity index (χ0) is 29.3. The minimum atomic E-state index is -0.601. The summed E-state index contributed by atoms with van der Waals surface area (Å²) in [7, 11) is 0. The highest BCUT2D eigenvalue weighted by molar-refractivity contribution is 6.30. The summed E-state index contributed by atoms with van der Waals surface area (Å²) in [5.41, 5.74) is 12.0. The van der Waals surface area contributed by atoms with Gasteiger partial charge in [0.15, 0.2) is 5.84 Å². The van der Waals surface area contributed by atoms with Crippen LogP contribution in [0.15, 0.2) is 114 Å². The van der Waals surface area contributed by atoms with Crippen LogP contribution in [-0.2, 0) is 11.4 Å². The zero-order valence-corrected chi connectivity index (χ0v) is 24.3. The molecule has 2 N–H and O–H groups in total. The molecule has 5 rings (SSSR count). The smallest absolute Gasteiger partial charge is 0.365 e. The van der Waals surface area contributed by atoms with E-state index in [0.717, 1.165) is 53.3 Å². The molecular weight excluding hydrogens is 544 g/mol. The molecule has 7 heteroatoms. The van der Waals surface area contributed by atoms with E-state index >= 15 is 0 Å². The highest BCUT2D eigenvalue weighted by atomic mass is 35.5. The molecule has 0 amide bonds. The fraction of sp³-hybridized carbons (Fsp3) is 0.171. The van der Waals surface area contributed by atoms with Crippen molar-refractivity contribution in [3.8, 4) is 33.9 Å². The maximum atomic E-state index is 12.8. The number of amidine groups is 1. The molecule has 0 aliphatic carbocycles. The lowest BCUT2D eigenvalue weighted by molar-refractivity contribution is 0.0516. The van der Waals surface area contributed by atoms with Crippen LogP contribution in [0.4, 0.5) is 0 Å². The second-order valence-corrected chi connectivity index (χ2v) is 10.5. The molecular formula is C35H33ClN4O2. The van der Waals surface area contributed by atoms with Gasteiger partial charge in [-0.1, -0.05) is 116 Å². The van der Waals surface area contributed by atoms with Crippen molar-refractivity contribution in [1.29, 1.82) is 0 Å². The van der Waals surface area contributed by atoms with Gasteiger partial charge in [-0.25, -0.2) is 9.78 Å². The zero-order valence-electron chi connectivity index (χ0n) is 23.5. The Kier molecular flexibility index (Phi) is 9.47. The number of hydrogen-bond acceptors (Lipinski definition) is 4. The Morgan fingerprint density at radius 1 is 0.786 bits per heavy atom. The van der Waals surface area contributed by atoms with Crippen molar-refractivity contribution in [2.24, 2.45) is 10.9 Å². The molecule has 0 aliphatic rings. The molecule has 0 saturated carbocycles. The first-order valence-electron chi connectivity index (χ1n) is 14.2. The molecule has 212 valence electrons. The van der Waals surface area contributed by atoms with Crippen molar-refractivity contribution >= 4 is 23.4 Å². The summed E-state index contributed by atoms with van der Waals surface area (Å²) in [6.07, 6.45) is 4.55. The number of aromatic nitrogens is 2. The molecule has 1 heterocycles. The molecule has 0 atom stereocenters. The number of nitrogens with zero attached hydrogens (tertiary/aromatic N) is 3. The number of hydrogen-bond donors (Lipinski definition) is 1. The third kappa shape index (κ3) is 6.78. The third-order valence-electron chi connectivity index (χ3n) is 7.04. The van der Waals surface area contributed by atoms with E-state index in [1.807, 2.05) is 36.4 Å². The molecule has 6 nitrogen and oxygen atoms in total. The lowest BCUT2D eigenvalue weighted by atomic mass is 10.0. The summed E-state index contributed by atoms with van der Waals surface area (Å²) < 4.78 is 2.32. The number of unbranched alkanes of at least 4 members (excludes halogenated alkanes) is 3. The van der Waals surface area contributed by atoms with Crippen LogP contribution in [0.3, 0.4) is 0 Å². The van der Waals surface area contributed by atoms with E-state index in [1.54, 1.807) is 36.4 Å². The van der Waals surface area contributed by atoms with Crippen LogP contribution in [0.25, 0.3) is 33.9 Å². The molecule has 0 bridgehead atoms. The number of carbonyl (C=O) groups is 1. The second kappa shape index (κ2) is 13.8. The van der Waals surface area contributed by atoms with Gasteiger partial charge in [0, 0.05) is 33.8 Å². The fourth-order valence-corrected chi connectivity index (χ4v) is 4.97. The number of oxime groups is 1. The normalized spacial score (nSPS) is 11.4. The first-order chi connectivity index (χ1) is 20.5. The minimum Gasteiger partial charge on any atom is -0.380 e. The summed E-state index contributed by atoms with van der Waals surface area (Å²) in [4.78, 5) is 23.1. The SMILES string of the molecule is CCCCCCn1c(-c2ccc(C(=O)O/N=C(\N)c3ccc(Cl)cc3)cc2)nc(-c2ccccc2)c1-c1ccccc1. The van der Waals surface area contributed by atoms with Crippen molar-refractivity contribution in [2.45, 2.75) is 39.2 Å². The van der Waals surface area contributed by atoms with Gasteiger partial charge < -0.3 is 15.1 Å². The number of nitrogens with two attached hydrogens (primary N) is 1. The Hall–Kier alpha value is -4.68. The maximum absolute atomic E-state index is 12.8. The quantitative estimate of drug-likeness (QED) is 0.0561. The van der Waals surface area contributed by atoms with Crippen molar-refractivity contribution in [3.05, 3.63) is 125 Å². The Morgan fingerprint density at radius 3 is 2.05 bits per heavy atom. The van der Waals surface area contributed by atoms with E-state index in [1.165, 1.54) is 12.8 Å². The molecule has 0 spiro atoms. The molecule has 0 radical (unpaired) electrons. The van der Waals surface area contributed by atoms with E-state index in [9.17, 15) is 4.79 Å². The van der Waals surface area contributed by atoms with Crippen molar-refractivity contribution in [3.63, 3.8) is 0 Å². The van der Waals surface area contributed by atoms with Gasteiger partial charge in [0.1, 0.15) is 5.82 Å². The van der Waals surface area contributed by atoms with Crippen LogP contribution in [0.2, 0.25) is 5.02 Å². The lowest BCUT2D eigenvalue weighted by Gasteiger charge is -2.14. The monoisotopic (exact) mass is 576 g/mol. The summed E-state index contributed by atoms with van der Waals surface area (Å²) in [6, 6.07) is 34.7. The van der Waals surface area contributed by atoms with Crippen LogP contribution in [0, 0.1) is 0 Å². The van der Waals surface area contributed by atoms with Crippen LogP contribution in [0.5, 0.6) is 0 Å². The first kappa shape index (κ1) is 28.8. The largest absolute Gasteiger partial charge is 0.380 e. The van der Waals surface area contributed by atoms with Gasteiger partial charge in [-0.15, -0.1) is 0 Å². The molecule has 0 aliphatic heterocycles. The molecule has 5 aromatic rings. The molecule has 0 saturated heterocycles. The average molecular weight is 577 g/mol. The standard InChI is InChI=1S/C35H33ClN4O2/c1-2-3-4-11-24-40-32(26-14-9-6-10-15-26)31(25-12-7-5-8-13-25)38-34(40)28-16-18-29(19-17-28)35(41)42-39-33(37)27-20-22-30(36)23-21-27/h5-10,12-23H,2-4,11,24H2,1H3,(H2,37,39). The Bertz CT molecular complexity index is 1650. The van der Waals surface area contributed by atoms with Gasteiger partial charge >= 0.3 is 5.97 Å². The number of benzene rings is 4. The summed E-state index contributed by atoms with van der Waals surface area (Å²) in [5.74, 6) is 0.342.